The summed E-state index contributed by atoms with van der Waals surface area (Å²) >= 11 is 0. The lowest BCUT2D eigenvalue weighted by molar-refractivity contribution is -0.0164. The number of ether oxygens (including phenoxy) is 2. The molecular formula is C24H38FN5O2. The van der Waals surface area contributed by atoms with Gasteiger partial charge in [0.15, 0.2) is 5.96 Å². The van der Waals surface area contributed by atoms with E-state index in [4.69, 9.17) is 9.47 Å². The molecule has 32 heavy (non-hydrogen) atoms. The van der Waals surface area contributed by atoms with Gasteiger partial charge in [0, 0.05) is 52.0 Å². The second kappa shape index (κ2) is 11.4. The van der Waals surface area contributed by atoms with E-state index in [-0.39, 0.29) is 17.4 Å². The van der Waals surface area contributed by atoms with Gasteiger partial charge in [-0.05, 0) is 56.5 Å². The van der Waals surface area contributed by atoms with Crippen molar-refractivity contribution in [1.82, 2.24) is 20.4 Å². The minimum atomic E-state index is -0.205. The molecule has 0 radical (unpaired) electrons. The lowest BCUT2D eigenvalue weighted by Gasteiger charge is -2.45. The Balaban J connectivity index is 1.39. The van der Waals surface area contributed by atoms with E-state index in [9.17, 15) is 4.39 Å². The molecule has 3 aliphatic rings. The molecule has 2 N–H and O–H groups in total. The van der Waals surface area contributed by atoms with Crippen LogP contribution in [0.15, 0.2) is 29.3 Å². The number of guanidine groups is 1. The average Bonchev–Trinajstić information content (AvgIpc) is 3.39. The predicted molar refractivity (Wildman–Crippen MR) is 124 cm³/mol. The lowest BCUT2D eigenvalue weighted by Crippen LogP contribution is -2.59. The van der Waals surface area contributed by atoms with E-state index in [0.717, 1.165) is 70.4 Å². The van der Waals surface area contributed by atoms with E-state index < -0.39 is 0 Å². The van der Waals surface area contributed by atoms with Crippen molar-refractivity contribution < 1.29 is 13.9 Å². The molecule has 1 aromatic carbocycles. The number of halogens is 1. The summed E-state index contributed by atoms with van der Waals surface area (Å²) in [6.07, 6.45) is 4.69. The average molecular weight is 448 g/mol. The highest BCUT2D eigenvalue weighted by atomic mass is 19.1. The molecule has 1 unspecified atom stereocenters. The van der Waals surface area contributed by atoms with Gasteiger partial charge in [0.2, 0.25) is 0 Å². The minimum Gasteiger partial charge on any atom is -0.381 e. The quantitative estimate of drug-likeness (QED) is 0.493. The van der Waals surface area contributed by atoms with E-state index in [0.29, 0.717) is 6.54 Å². The second-order valence-corrected chi connectivity index (χ2v) is 9.05. The van der Waals surface area contributed by atoms with Gasteiger partial charge in [-0.3, -0.25) is 14.8 Å². The van der Waals surface area contributed by atoms with Gasteiger partial charge < -0.3 is 20.1 Å². The number of morpholine rings is 1. The lowest BCUT2D eigenvalue weighted by atomic mass is 9.88. The van der Waals surface area contributed by atoms with Gasteiger partial charge >= 0.3 is 0 Å². The second-order valence-electron chi connectivity index (χ2n) is 9.05. The number of rotatable bonds is 7. The number of nitrogens with zero attached hydrogens (tertiary/aromatic N) is 3. The highest BCUT2D eigenvalue weighted by molar-refractivity contribution is 5.79. The normalized spacial score (nSPS) is 23.8. The zero-order valence-electron chi connectivity index (χ0n) is 19.3. The van der Waals surface area contributed by atoms with Crippen LogP contribution in [-0.2, 0) is 9.47 Å². The Bertz CT molecular complexity index is 726. The van der Waals surface area contributed by atoms with Gasteiger partial charge in [-0.25, -0.2) is 4.39 Å². The highest BCUT2D eigenvalue weighted by Gasteiger charge is 2.39. The Labute approximate surface area is 191 Å². The van der Waals surface area contributed by atoms with Gasteiger partial charge in [-0.1, -0.05) is 12.1 Å². The van der Waals surface area contributed by atoms with Crippen LogP contribution in [0.1, 0.15) is 37.3 Å². The summed E-state index contributed by atoms with van der Waals surface area (Å²) < 4.78 is 24.7. The van der Waals surface area contributed by atoms with Gasteiger partial charge in [-0.15, -0.1) is 0 Å². The molecule has 0 bridgehead atoms. The van der Waals surface area contributed by atoms with E-state index >= 15 is 0 Å². The Kier molecular flexibility index (Phi) is 8.35. The van der Waals surface area contributed by atoms with Crippen LogP contribution in [0.2, 0.25) is 0 Å². The topological polar surface area (TPSA) is 61.4 Å². The van der Waals surface area contributed by atoms with Gasteiger partial charge in [0.25, 0.3) is 0 Å². The van der Waals surface area contributed by atoms with Gasteiger partial charge in [-0.2, -0.15) is 0 Å². The van der Waals surface area contributed by atoms with Crippen molar-refractivity contribution in [1.29, 1.82) is 0 Å². The van der Waals surface area contributed by atoms with E-state index in [1.54, 1.807) is 12.1 Å². The SMILES string of the molecule is CN=C(NCC(c1ccc(F)cc1)N1CCOCC1)NCC1(N2CCCC2)CCOCC1. The third-order valence-electron chi connectivity index (χ3n) is 7.21. The van der Waals surface area contributed by atoms with E-state index in [1.165, 1.54) is 25.9 Å². The van der Waals surface area contributed by atoms with Crippen LogP contribution in [0.25, 0.3) is 0 Å². The van der Waals surface area contributed by atoms with Crippen molar-refractivity contribution >= 4 is 5.96 Å². The van der Waals surface area contributed by atoms with Crippen LogP contribution in [0.5, 0.6) is 0 Å². The van der Waals surface area contributed by atoms with Crippen molar-refractivity contribution in [3.63, 3.8) is 0 Å². The Morgan fingerprint density at radius 3 is 2.31 bits per heavy atom. The molecule has 8 heteroatoms. The summed E-state index contributed by atoms with van der Waals surface area (Å²) in [5, 5.41) is 7.15. The number of nitrogens with one attached hydrogen (secondary N) is 2. The molecule has 7 nitrogen and oxygen atoms in total. The zero-order valence-corrected chi connectivity index (χ0v) is 19.3. The number of hydrogen-bond acceptors (Lipinski definition) is 5. The van der Waals surface area contributed by atoms with Crippen LogP contribution >= 0.6 is 0 Å². The third kappa shape index (κ3) is 5.78. The monoisotopic (exact) mass is 447 g/mol. The first-order chi connectivity index (χ1) is 15.7. The van der Waals surface area contributed by atoms with Crippen LogP contribution in [0.3, 0.4) is 0 Å². The minimum absolute atomic E-state index is 0.133. The first-order valence-electron chi connectivity index (χ1n) is 12.0. The Hall–Kier alpha value is -1.74. The molecule has 3 aliphatic heterocycles. The zero-order chi connectivity index (χ0) is 22.2. The molecule has 0 aromatic heterocycles. The van der Waals surface area contributed by atoms with Crippen LogP contribution in [0.4, 0.5) is 4.39 Å². The molecule has 1 atom stereocenters. The first-order valence-corrected chi connectivity index (χ1v) is 12.0. The maximum absolute atomic E-state index is 13.5. The molecule has 3 fully saturated rings. The van der Waals surface area contributed by atoms with Crippen LogP contribution in [-0.4, -0.2) is 94.0 Å². The van der Waals surface area contributed by atoms with Crippen LogP contribution < -0.4 is 10.6 Å². The van der Waals surface area contributed by atoms with Crippen molar-refractivity contribution in [2.24, 2.45) is 4.99 Å². The number of aliphatic imine (C=N–C) groups is 1. The Morgan fingerprint density at radius 2 is 1.66 bits per heavy atom. The molecule has 3 heterocycles. The van der Waals surface area contributed by atoms with Gasteiger partial charge in [0.1, 0.15) is 5.82 Å². The van der Waals surface area contributed by atoms with Gasteiger partial charge in [0.05, 0.1) is 19.3 Å². The predicted octanol–water partition coefficient (Wildman–Crippen LogP) is 2.01. The fourth-order valence-corrected chi connectivity index (χ4v) is 5.24. The molecule has 0 spiro atoms. The fourth-order valence-electron chi connectivity index (χ4n) is 5.24. The fraction of sp³-hybridized carbons (Fsp3) is 0.708. The summed E-state index contributed by atoms with van der Waals surface area (Å²) in [6, 6.07) is 6.99. The molecule has 0 amide bonds. The Morgan fingerprint density at radius 1 is 1.00 bits per heavy atom. The number of benzene rings is 1. The maximum atomic E-state index is 13.5. The summed E-state index contributed by atoms with van der Waals surface area (Å²) in [6.45, 7) is 8.77. The standard InChI is InChI=1S/C24H38FN5O2/c1-26-23(28-19-24(8-14-31-15-9-24)30-10-2-3-11-30)27-18-22(29-12-16-32-17-13-29)20-4-6-21(25)7-5-20/h4-7,22H,2-3,8-19H2,1H3,(H2,26,27,28). The largest absolute Gasteiger partial charge is 0.381 e. The number of likely N-dealkylation sites (tertiary alicyclic amines) is 1. The summed E-state index contributed by atoms with van der Waals surface area (Å²) in [4.78, 5) is 9.56. The molecular weight excluding hydrogens is 409 g/mol. The van der Waals surface area contributed by atoms with E-state index in [1.807, 2.05) is 19.2 Å². The summed E-state index contributed by atoms with van der Waals surface area (Å²) in [5.41, 5.74) is 1.25. The smallest absolute Gasteiger partial charge is 0.191 e. The van der Waals surface area contributed by atoms with Crippen molar-refractivity contribution in [2.75, 3.05) is 72.7 Å². The highest BCUT2D eigenvalue weighted by Crippen LogP contribution is 2.30. The molecule has 0 aliphatic carbocycles. The number of hydrogen-bond donors (Lipinski definition) is 2. The van der Waals surface area contributed by atoms with Crippen molar-refractivity contribution in [3.05, 3.63) is 35.6 Å². The summed E-state index contributed by atoms with van der Waals surface area (Å²) in [7, 11) is 1.82. The molecule has 178 valence electrons. The molecule has 1 aromatic rings. The van der Waals surface area contributed by atoms with E-state index in [2.05, 4.69) is 25.4 Å². The summed E-state index contributed by atoms with van der Waals surface area (Å²) in [5.74, 6) is 0.610. The maximum Gasteiger partial charge on any atom is 0.191 e. The molecule has 0 saturated carbocycles. The van der Waals surface area contributed by atoms with Crippen molar-refractivity contribution in [2.45, 2.75) is 37.3 Å². The third-order valence-corrected chi connectivity index (χ3v) is 7.21. The molecule has 3 saturated heterocycles. The van der Waals surface area contributed by atoms with Crippen molar-refractivity contribution in [3.8, 4) is 0 Å². The first kappa shape index (κ1) is 23.4. The molecule has 4 rings (SSSR count). The van der Waals surface area contributed by atoms with Crippen LogP contribution in [0, 0.1) is 5.82 Å².